The van der Waals surface area contributed by atoms with Crippen molar-refractivity contribution < 1.29 is 0 Å². The predicted octanol–water partition coefficient (Wildman–Crippen LogP) is 6.13. The van der Waals surface area contributed by atoms with Gasteiger partial charge in [0.05, 0.1) is 5.69 Å². The van der Waals surface area contributed by atoms with Crippen molar-refractivity contribution in [1.29, 1.82) is 0 Å². The van der Waals surface area contributed by atoms with E-state index >= 15 is 0 Å². The highest BCUT2D eigenvalue weighted by Crippen LogP contribution is 2.38. The zero-order chi connectivity index (χ0) is 15.6. The molecule has 0 amide bonds. The van der Waals surface area contributed by atoms with Gasteiger partial charge in [0, 0.05) is 23.2 Å². The van der Waals surface area contributed by atoms with Gasteiger partial charge < -0.3 is 4.90 Å². The average molecular weight is 297 g/mol. The van der Waals surface area contributed by atoms with E-state index in [1.54, 1.807) is 0 Å². The summed E-state index contributed by atoms with van der Waals surface area (Å²) < 4.78 is 0. The number of rotatable bonds is 3. The molecule has 1 nitrogen and oxygen atoms in total. The lowest BCUT2D eigenvalue weighted by molar-refractivity contribution is 1.10. The third kappa shape index (κ3) is 2.44. The van der Waals surface area contributed by atoms with Crippen molar-refractivity contribution >= 4 is 22.1 Å². The van der Waals surface area contributed by atoms with Crippen LogP contribution in [0.25, 0.3) is 10.8 Å². The van der Waals surface area contributed by atoms with E-state index in [2.05, 4.69) is 96.8 Å². The number of aryl methyl sites for hydroxylation is 1. The molecular formula is C22H19N. The van der Waals surface area contributed by atoms with E-state index in [1.807, 2.05) is 0 Å². The van der Waals surface area contributed by atoms with Crippen LogP contribution >= 0.6 is 0 Å². The molecule has 1 heteroatoms. The highest BCUT2D eigenvalue weighted by molar-refractivity contribution is 5.99. The van der Waals surface area contributed by atoms with Gasteiger partial charge in [0.15, 0.2) is 0 Å². The Morgan fingerprint density at radius 2 is 1.52 bits per heavy atom. The molecule has 0 saturated heterocycles. The second kappa shape index (κ2) is 5.77. The van der Waals surface area contributed by atoms with Crippen molar-refractivity contribution in [2.24, 2.45) is 0 Å². The largest absolute Gasteiger partial charge is 0.313 e. The van der Waals surface area contributed by atoms with E-state index < -0.39 is 0 Å². The summed E-state index contributed by atoms with van der Waals surface area (Å²) in [6.45, 7) is 2.18. The number of hydrogen-bond acceptors (Lipinski definition) is 1. The van der Waals surface area contributed by atoms with E-state index in [1.165, 1.54) is 33.4 Å². The molecule has 0 heterocycles. The van der Waals surface area contributed by atoms with Gasteiger partial charge in [0.1, 0.15) is 0 Å². The Morgan fingerprint density at radius 3 is 2.26 bits per heavy atom. The Hall–Kier alpha value is -2.80. The van der Waals surface area contributed by atoms with E-state index in [0.717, 1.165) is 6.42 Å². The fraction of sp³-hybridized carbons (Fsp3) is 0.0909. The lowest BCUT2D eigenvalue weighted by atomic mass is 10.0. The first-order chi connectivity index (χ1) is 11.3. The SMILES string of the molecule is Cc1ccc(N(C2=CC=CC2)c2ccccc2)c2ccccc12. The Bertz CT molecular complexity index is 904. The third-order valence-corrected chi connectivity index (χ3v) is 4.41. The van der Waals surface area contributed by atoms with Gasteiger partial charge in [-0.1, -0.05) is 60.7 Å². The van der Waals surface area contributed by atoms with Crippen molar-refractivity contribution in [2.75, 3.05) is 4.90 Å². The molecule has 0 aromatic heterocycles. The summed E-state index contributed by atoms with van der Waals surface area (Å²) in [4.78, 5) is 2.38. The molecule has 0 aliphatic heterocycles. The van der Waals surface area contributed by atoms with Crippen LogP contribution in [0.2, 0.25) is 0 Å². The number of para-hydroxylation sites is 1. The highest BCUT2D eigenvalue weighted by atomic mass is 15.1. The third-order valence-electron chi connectivity index (χ3n) is 4.41. The Kier molecular flexibility index (Phi) is 3.47. The summed E-state index contributed by atoms with van der Waals surface area (Å²) in [5.74, 6) is 0. The van der Waals surface area contributed by atoms with Crippen molar-refractivity contribution in [3.05, 3.63) is 96.2 Å². The van der Waals surface area contributed by atoms with Crippen LogP contribution < -0.4 is 4.90 Å². The van der Waals surface area contributed by atoms with E-state index in [9.17, 15) is 0 Å². The highest BCUT2D eigenvalue weighted by Gasteiger charge is 2.17. The summed E-state index contributed by atoms with van der Waals surface area (Å²) >= 11 is 0. The molecule has 0 atom stereocenters. The van der Waals surface area contributed by atoms with Crippen molar-refractivity contribution in [2.45, 2.75) is 13.3 Å². The van der Waals surface area contributed by atoms with Gasteiger partial charge in [0.25, 0.3) is 0 Å². The van der Waals surface area contributed by atoms with Gasteiger partial charge in [-0.25, -0.2) is 0 Å². The zero-order valence-electron chi connectivity index (χ0n) is 13.2. The second-order valence-electron chi connectivity index (χ2n) is 5.91. The molecule has 112 valence electrons. The molecule has 1 aliphatic carbocycles. The molecule has 0 fully saturated rings. The van der Waals surface area contributed by atoms with Crippen molar-refractivity contribution in [3.63, 3.8) is 0 Å². The number of benzene rings is 3. The van der Waals surface area contributed by atoms with Crippen LogP contribution in [0.3, 0.4) is 0 Å². The minimum atomic E-state index is 0.969. The fourth-order valence-electron chi connectivity index (χ4n) is 3.27. The quantitative estimate of drug-likeness (QED) is 0.562. The minimum absolute atomic E-state index is 0.969. The maximum atomic E-state index is 2.38. The molecule has 0 unspecified atom stereocenters. The molecule has 23 heavy (non-hydrogen) atoms. The topological polar surface area (TPSA) is 3.24 Å². The molecule has 0 radical (unpaired) electrons. The number of allylic oxidation sites excluding steroid dienone is 3. The monoisotopic (exact) mass is 297 g/mol. The number of nitrogens with zero attached hydrogens (tertiary/aromatic N) is 1. The van der Waals surface area contributed by atoms with Crippen LogP contribution in [0.1, 0.15) is 12.0 Å². The van der Waals surface area contributed by atoms with E-state index in [-0.39, 0.29) is 0 Å². The Balaban J connectivity index is 1.96. The summed E-state index contributed by atoms with van der Waals surface area (Å²) in [6, 6.07) is 23.7. The second-order valence-corrected chi connectivity index (χ2v) is 5.91. The summed E-state index contributed by atoms with van der Waals surface area (Å²) in [6.07, 6.45) is 7.53. The fourth-order valence-corrected chi connectivity index (χ4v) is 3.27. The molecule has 4 rings (SSSR count). The molecule has 0 bridgehead atoms. The first kappa shape index (κ1) is 13.8. The molecule has 0 N–H and O–H groups in total. The minimum Gasteiger partial charge on any atom is -0.313 e. The summed E-state index contributed by atoms with van der Waals surface area (Å²) in [7, 11) is 0. The zero-order valence-corrected chi connectivity index (χ0v) is 13.2. The summed E-state index contributed by atoms with van der Waals surface area (Å²) in [5.41, 5.74) is 5.07. The van der Waals surface area contributed by atoms with Gasteiger partial charge in [-0.2, -0.15) is 0 Å². The number of hydrogen-bond donors (Lipinski definition) is 0. The van der Waals surface area contributed by atoms with Gasteiger partial charge in [-0.3, -0.25) is 0 Å². The van der Waals surface area contributed by atoms with Crippen LogP contribution in [0.15, 0.2) is 90.7 Å². The average Bonchev–Trinajstić information content (AvgIpc) is 3.13. The van der Waals surface area contributed by atoms with Gasteiger partial charge in [-0.15, -0.1) is 0 Å². The Labute approximate surface area is 137 Å². The van der Waals surface area contributed by atoms with Gasteiger partial charge in [0.2, 0.25) is 0 Å². The lowest BCUT2D eigenvalue weighted by Gasteiger charge is -2.28. The van der Waals surface area contributed by atoms with Crippen LogP contribution in [0.5, 0.6) is 0 Å². The van der Waals surface area contributed by atoms with E-state index in [4.69, 9.17) is 0 Å². The standard InChI is InChI=1S/C22H19N/c1-17-15-16-22(21-14-8-7-13-20(17)21)23(19-11-5-6-12-19)18-9-3-2-4-10-18/h2-11,13-16H,12H2,1H3. The molecular weight excluding hydrogens is 278 g/mol. The molecule has 0 saturated carbocycles. The normalized spacial score (nSPS) is 13.3. The van der Waals surface area contributed by atoms with Crippen LogP contribution in [0, 0.1) is 6.92 Å². The summed E-state index contributed by atoms with van der Waals surface area (Å²) in [5, 5.41) is 2.61. The molecule has 3 aromatic carbocycles. The first-order valence-corrected chi connectivity index (χ1v) is 8.04. The van der Waals surface area contributed by atoms with Crippen LogP contribution in [-0.2, 0) is 0 Å². The predicted molar refractivity (Wildman–Crippen MR) is 99.1 cm³/mol. The van der Waals surface area contributed by atoms with Crippen LogP contribution in [-0.4, -0.2) is 0 Å². The van der Waals surface area contributed by atoms with Crippen molar-refractivity contribution in [3.8, 4) is 0 Å². The first-order valence-electron chi connectivity index (χ1n) is 8.04. The molecule has 3 aromatic rings. The van der Waals surface area contributed by atoms with E-state index in [0.29, 0.717) is 0 Å². The number of anilines is 2. The molecule has 1 aliphatic rings. The number of fused-ring (bicyclic) bond motifs is 1. The maximum Gasteiger partial charge on any atom is 0.0537 e. The smallest absolute Gasteiger partial charge is 0.0537 e. The Morgan fingerprint density at radius 1 is 0.783 bits per heavy atom. The lowest BCUT2D eigenvalue weighted by Crippen LogP contribution is -2.15. The van der Waals surface area contributed by atoms with Crippen molar-refractivity contribution in [1.82, 2.24) is 0 Å². The maximum absolute atomic E-state index is 2.38. The van der Waals surface area contributed by atoms with Gasteiger partial charge in [-0.05, 0) is 42.1 Å². The van der Waals surface area contributed by atoms with Gasteiger partial charge >= 0.3 is 0 Å². The van der Waals surface area contributed by atoms with Crippen LogP contribution in [0.4, 0.5) is 11.4 Å². The molecule has 0 spiro atoms.